The Morgan fingerprint density at radius 3 is 2.52 bits per heavy atom. The van der Waals surface area contributed by atoms with Gasteiger partial charge in [-0.1, -0.05) is 36.2 Å². The highest BCUT2D eigenvalue weighted by atomic mass is 35.5. The third-order valence-corrected chi connectivity index (χ3v) is 4.40. The Morgan fingerprint density at radius 2 is 1.93 bits per heavy atom. The van der Waals surface area contributed by atoms with E-state index in [-0.39, 0.29) is 17.9 Å². The number of benzene rings is 2. The molecule has 0 spiro atoms. The van der Waals surface area contributed by atoms with E-state index in [2.05, 4.69) is 5.32 Å². The summed E-state index contributed by atoms with van der Waals surface area (Å²) in [5.41, 5.74) is 2.06. The van der Waals surface area contributed by atoms with Gasteiger partial charge in [0.05, 0.1) is 24.2 Å². The molecule has 2 aromatic carbocycles. The highest BCUT2D eigenvalue weighted by Crippen LogP contribution is 2.27. The van der Waals surface area contributed by atoms with E-state index >= 15 is 0 Å². The first kappa shape index (κ1) is 20.8. The summed E-state index contributed by atoms with van der Waals surface area (Å²) < 4.78 is 5.31. The molecule has 27 heavy (non-hydrogen) atoms. The molecular weight excluding hydrogens is 389 g/mol. The number of aliphatic carboxylic acids is 1. The first-order valence-corrected chi connectivity index (χ1v) is 8.95. The van der Waals surface area contributed by atoms with Gasteiger partial charge in [-0.05, 0) is 48.4 Å². The summed E-state index contributed by atoms with van der Waals surface area (Å²) in [6.45, 7) is 1.77. The van der Waals surface area contributed by atoms with Crippen LogP contribution in [-0.4, -0.2) is 24.1 Å². The highest BCUT2D eigenvalue weighted by Gasteiger charge is 2.12. The van der Waals surface area contributed by atoms with Crippen LogP contribution in [0.25, 0.3) is 6.08 Å². The van der Waals surface area contributed by atoms with E-state index in [9.17, 15) is 14.7 Å². The van der Waals surface area contributed by atoms with E-state index in [0.717, 1.165) is 0 Å². The largest absolute Gasteiger partial charge is 0.496 e. The number of hydrogen-bond donors (Lipinski definition) is 2. The molecule has 0 atom stereocenters. The molecule has 0 radical (unpaired) electrons. The molecule has 0 aromatic heterocycles. The first-order chi connectivity index (χ1) is 12.8. The van der Waals surface area contributed by atoms with Gasteiger partial charge in [0.2, 0.25) is 5.91 Å². The molecule has 2 aromatic rings. The van der Waals surface area contributed by atoms with Crippen LogP contribution >= 0.6 is 23.2 Å². The van der Waals surface area contributed by atoms with Gasteiger partial charge in [-0.15, -0.1) is 0 Å². The molecule has 1 amide bonds. The van der Waals surface area contributed by atoms with Crippen LogP contribution in [0.3, 0.4) is 0 Å². The molecule has 0 aliphatic carbocycles. The van der Waals surface area contributed by atoms with Crippen molar-refractivity contribution in [1.82, 2.24) is 0 Å². The van der Waals surface area contributed by atoms with Gasteiger partial charge in [-0.3, -0.25) is 4.79 Å². The second-order valence-corrected chi connectivity index (χ2v) is 6.59. The lowest BCUT2D eigenvalue weighted by Gasteiger charge is -2.11. The maximum absolute atomic E-state index is 12.4. The summed E-state index contributed by atoms with van der Waals surface area (Å²) >= 11 is 11.9. The van der Waals surface area contributed by atoms with Crippen molar-refractivity contribution in [3.8, 4) is 5.75 Å². The zero-order valence-electron chi connectivity index (χ0n) is 14.9. The Bertz CT molecular complexity index is 894. The quantitative estimate of drug-likeness (QED) is 0.628. The van der Waals surface area contributed by atoms with Crippen molar-refractivity contribution in [1.29, 1.82) is 0 Å². The second-order valence-electron chi connectivity index (χ2n) is 5.75. The molecule has 7 heteroatoms. The lowest BCUT2D eigenvalue weighted by Crippen LogP contribution is -2.15. The SMILES string of the molecule is CC/C(=C\c1ccc(OC)c(CC(=O)Nc2ccc(Cl)cc2Cl)c1)C(=O)O. The second kappa shape index (κ2) is 9.44. The van der Waals surface area contributed by atoms with Crippen LogP contribution in [-0.2, 0) is 16.0 Å². The number of anilines is 1. The fraction of sp³-hybridized carbons (Fsp3) is 0.200. The summed E-state index contributed by atoms with van der Waals surface area (Å²) in [4.78, 5) is 23.6. The number of rotatable bonds is 7. The summed E-state index contributed by atoms with van der Waals surface area (Å²) in [6, 6.07) is 9.99. The minimum Gasteiger partial charge on any atom is -0.496 e. The van der Waals surface area contributed by atoms with Gasteiger partial charge in [0.15, 0.2) is 0 Å². The number of amides is 1. The molecule has 5 nitrogen and oxygen atoms in total. The van der Waals surface area contributed by atoms with Gasteiger partial charge in [0.25, 0.3) is 0 Å². The molecular formula is C20H19Cl2NO4. The first-order valence-electron chi connectivity index (χ1n) is 8.19. The lowest BCUT2D eigenvalue weighted by atomic mass is 10.0. The molecule has 0 aliphatic heterocycles. The Kier molecular flexibility index (Phi) is 7.28. The van der Waals surface area contributed by atoms with Crippen LogP contribution in [0.4, 0.5) is 5.69 Å². The standard InChI is InChI=1S/C20H19Cl2NO4/c1-3-13(20(25)26)8-12-4-7-18(27-2)14(9-12)10-19(24)23-17-6-5-15(21)11-16(17)22/h4-9,11H,3,10H2,1-2H3,(H,23,24)(H,25,26)/b13-8+. The Balaban J connectivity index is 2.24. The average Bonchev–Trinajstić information content (AvgIpc) is 2.62. The van der Waals surface area contributed by atoms with E-state index in [1.165, 1.54) is 7.11 Å². The number of carbonyl (C=O) groups excluding carboxylic acids is 1. The third kappa shape index (κ3) is 5.74. The van der Waals surface area contributed by atoms with Gasteiger partial charge in [0.1, 0.15) is 5.75 Å². The Labute approximate surface area is 167 Å². The van der Waals surface area contributed by atoms with Crippen LogP contribution < -0.4 is 10.1 Å². The maximum atomic E-state index is 12.4. The molecule has 0 bridgehead atoms. The van der Waals surface area contributed by atoms with Crippen LogP contribution in [0.2, 0.25) is 10.0 Å². The Hall–Kier alpha value is -2.50. The van der Waals surface area contributed by atoms with Gasteiger partial charge in [-0.25, -0.2) is 4.79 Å². The Morgan fingerprint density at radius 1 is 1.19 bits per heavy atom. The fourth-order valence-electron chi connectivity index (χ4n) is 2.50. The van der Waals surface area contributed by atoms with Crippen molar-refractivity contribution in [2.45, 2.75) is 19.8 Å². The van der Waals surface area contributed by atoms with E-state index in [0.29, 0.717) is 39.0 Å². The van der Waals surface area contributed by atoms with Crippen LogP contribution in [0.15, 0.2) is 42.0 Å². The van der Waals surface area contributed by atoms with E-state index in [4.69, 9.17) is 27.9 Å². The molecule has 2 rings (SSSR count). The smallest absolute Gasteiger partial charge is 0.331 e. The number of nitrogens with one attached hydrogen (secondary N) is 1. The number of hydrogen-bond acceptors (Lipinski definition) is 3. The van der Waals surface area contributed by atoms with Crippen LogP contribution in [0.1, 0.15) is 24.5 Å². The lowest BCUT2D eigenvalue weighted by molar-refractivity contribution is -0.132. The van der Waals surface area contributed by atoms with Gasteiger partial charge >= 0.3 is 5.97 Å². The van der Waals surface area contributed by atoms with Crippen LogP contribution in [0, 0.1) is 0 Å². The number of methoxy groups -OCH3 is 1. The van der Waals surface area contributed by atoms with E-state index in [1.807, 2.05) is 0 Å². The minimum atomic E-state index is -0.968. The average molecular weight is 408 g/mol. The van der Waals surface area contributed by atoms with E-state index < -0.39 is 5.97 Å². The molecule has 142 valence electrons. The summed E-state index contributed by atoms with van der Waals surface area (Å²) in [6.07, 6.45) is 2.02. The number of carbonyl (C=O) groups is 2. The van der Waals surface area contributed by atoms with Gasteiger partial charge in [-0.2, -0.15) is 0 Å². The predicted molar refractivity (Wildman–Crippen MR) is 108 cm³/mol. The topological polar surface area (TPSA) is 75.6 Å². The molecule has 0 saturated heterocycles. The summed E-state index contributed by atoms with van der Waals surface area (Å²) in [7, 11) is 1.51. The number of ether oxygens (including phenoxy) is 1. The number of halogens is 2. The van der Waals surface area contributed by atoms with Gasteiger partial charge in [0, 0.05) is 16.2 Å². The molecule has 2 N–H and O–H groups in total. The monoisotopic (exact) mass is 407 g/mol. The third-order valence-electron chi connectivity index (χ3n) is 3.86. The summed E-state index contributed by atoms with van der Waals surface area (Å²) in [5, 5.41) is 12.7. The maximum Gasteiger partial charge on any atom is 0.331 e. The minimum absolute atomic E-state index is 0.0400. The van der Waals surface area contributed by atoms with E-state index in [1.54, 1.807) is 49.4 Å². The van der Waals surface area contributed by atoms with Crippen molar-refractivity contribution >= 4 is 46.8 Å². The van der Waals surface area contributed by atoms with Gasteiger partial charge < -0.3 is 15.2 Å². The molecule has 0 unspecified atom stereocenters. The molecule has 0 saturated carbocycles. The number of carboxylic acid groups (broad SMARTS) is 1. The summed E-state index contributed by atoms with van der Waals surface area (Å²) in [5.74, 6) is -0.713. The normalized spacial score (nSPS) is 11.2. The van der Waals surface area contributed by atoms with Crippen molar-refractivity contribution in [2.75, 3.05) is 12.4 Å². The van der Waals surface area contributed by atoms with Crippen LogP contribution in [0.5, 0.6) is 5.75 Å². The highest BCUT2D eigenvalue weighted by molar-refractivity contribution is 6.36. The predicted octanol–water partition coefficient (Wildman–Crippen LogP) is 5.06. The zero-order valence-corrected chi connectivity index (χ0v) is 16.4. The molecule has 0 aliphatic rings. The zero-order chi connectivity index (χ0) is 20.0. The van der Waals surface area contributed by atoms with Crippen molar-refractivity contribution in [3.05, 3.63) is 63.1 Å². The van der Waals surface area contributed by atoms with Crippen molar-refractivity contribution < 1.29 is 19.4 Å². The number of carboxylic acids is 1. The van der Waals surface area contributed by atoms with Crippen molar-refractivity contribution in [2.24, 2.45) is 0 Å². The van der Waals surface area contributed by atoms with Crippen molar-refractivity contribution in [3.63, 3.8) is 0 Å². The molecule has 0 fully saturated rings. The molecule has 0 heterocycles. The fourth-order valence-corrected chi connectivity index (χ4v) is 2.96.